The number of hydrogen-bond acceptors (Lipinski definition) is 4. The van der Waals surface area contributed by atoms with Crippen LogP contribution < -0.4 is 10.1 Å². The zero-order valence-electron chi connectivity index (χ0n) is 9.77. The number of nitrogens with one attached hydrogen (secondary N) is 1. The van der Waals surface area contributed by atoms with Gasteiger partial charge in [0.1, 0.15) is 12.7 Å². The van der Waals surface area contributed by atoms with Crippen LogP contribution in [-0.4, -0.2) is 36.4 Å². The quantitative estimate of drug-likeness (QED) is 0.835. The van der Waals surface area contributed by atoms with Crippen LogP contribution in [0.4, 0.5) is 0 Å². The Bertz CT molecular complexity index is 327. The first-order chi connectivity index (χ1) is 7.66. The molecule has 0 aromatic carbocycles. The standard InChI is InChI=1S/C12H18N2O2/c1-12(2)9-13-7-10(16-12)8-15-11-5-3-4-6-14-11/h3-6,10,13H,7-9H2,1-2H3. The molecular weight excluding hydrogens is 204 g/mol. The van der Waals surface area contributed by atoms with Gasteiger partial charge in [0.15, 0.2) is 0 Å². The van der Waals surface area contributed by atoms with E-state index in [9.17, 15) is 0 Å². The minimum Gasteiger partial charge on any atom is -0.475 e. The van der Waals surface area contributed by atoms with Gasteiger partial charge in [-0.3, -0.25) is 0 Å². The molecule has 1 saturated heterocycles. The van der Waals surface area contributed by atoms with Crippen LogP contribution in [0.1, 0.15) is 13.8 Å². The van der Waals surface area contributed by atoms with Crippen molar-refractivity contribution in [2.24, 2.45) is 0 Å². The molecule has 4 nitrogen and oxygen atoms in total. The number of morpholine rings is 1. The van der Waals surface area contributed by atoms with Gasteiger partial charge >= 0.3 is 0 Å². The van der Waals surface area contributed by atoms with Gasteiger partial charge in [-0.1, -0.05) is 6.07 Å². The van der Waals surface area contributed by atoms with Gasteiger partial charge in [-0.05, 0) is 19.9 Å². The summed E-state index contributed by atoms with van der Waals surface area (Å²) in [6.07, 6.45) is 1.81. The maximum absolute atomic E-state index is 5.88. The highest BCUT2D eigenvalue weighted by Crippen LogP contribution is 2.16. The second-order valence-corrected chi connectivity index (χ2v) is 4.61. The van der Waals surface area contributed by atoms with E-state index in [1.165, 1.54) is 0 Å². The number of nitrogens with zero attached hydrogens (tertiary/aromatic N) is 1. The average Bonchev–Trinajstić information content (AvgIpc) is 2.27. The summed E-state index contributed by atoms with van der Waals surface area (Å²) in [4.78, 5) is 4.10. The van der Waals surface area contributed by atoms with Gasteiger partial charge in [0.2, 0.25) is 5.88 Å². The highest BCUT2D eigenvalue weighted by Gasteiger charge is 2.28. The van der Waals surface area contributed by atoms with Gasteiger partial charge < -0.3 is 14.8 Å². The van der Waals surface area contributed by atoms with Crippen LogP contribution in [0.3, 0.4) is 0 Å². The van der Waals surface area contributed by atoms with Crippen LogP contribution in [0, 0.1) is 0 Å². The van der Waals surface area contributed by atoms with Crippen LogP contribution in [-0.2, 0) is 4.74 Å². The van der Waals surface area contributed by atoms with Crippen molar-refractivity contribution in [2.45, 2.75) is 25.6 Å². The molecule has 1 aromatic heterocycles. The summed E-state index contributed by atoms with van der Waals surface area (Å²) in [6.45, 7) is 6.40. The summed E-state index contributed by atoms with van der Waals surface area (Å²) in [5, 5.41) is 3.34. The molecule has 0 saturated carbocycles. The van der Waals surface area contributed by atoms with Crippen LogP contribution in [0.25, 0.3) is 0 Å². The lowest BCUT2D eigenvalue weighted by Gasteiger charge is -2.36. The van der Waals surface area contributed by atoms with E-state index >= 15 is 0 Å². The Morgan fingerprint density at radius 3 is 3.12 bits per heavy atom. The molecule has 0 radical (unpaired) electrons. The molecule has 1 aromatic rings. The van der Waals surface area contributed by atoms with Crippen molar-refractivity contribution in [3.63, 3.8) is 0 Å². The van der Waals surface area contributed by atoms with Crippen LogP contribution in [0.15, 0.2) is 24.4 Å². The van der Waals surface area contributed by atoms with Crippen molar-refractivity contribution in [3.05, 3.63) is 24.4 Å². The Labute approximate surface area is 96.0 Å². The third-order valence-electron chi connectivity index (χ3n) is 2.46. The van der Waals surface area contributed by atoms with Crippen LogP contribution in [0.2, 0.25) is 0 Å². The molecule has 1 aliphatic heterocycles. The van der Waals surface area contributed by atoms with E-state index in [0.29, 0.717) is 12.5 Å². The summed E-state index contributed by atoms with van der Waals surface area (Å²) in [5.41, 5.74) is -0.115. The minimum absolute atomic E-state index is 0.0887. The highest BCUT2D eigenvalue weighted by molar-refractivity contribution is 5.09. The van der Waals surface area contributed by atoms with Crippen LogP contribution >= 0.6 is 0 Å². The van der Waals surface area contributed by atoms with Crippen molar-refractivity contribution in [2.75, 3.05) is 19.7 Å². The zero-order valence-corrected chi connectivity index (χ0v) is 9.77. The lowest BCUT2D eigenvalue weighted by atomic mass is 10.1. The van der Waals surface area contributed by atoms with E-state index in [1.807, 2.05) is 18.2 Å². The van der Waals surface area contributed by atoms with Gasteiger partial charge in [0, 0.05) is 25.4 Å². The molecule has 1 fully saturated rings. The smallest absolute Gasteiger partial charge is 0.213 e. The lowest BCUT2D eigenvalue weighted by Crippen LogP contribution is -2.52. The average molecular weight is 222 g/mol. The first-order valence-corrected chi connectivity index (χ1v) is 5.58. The van der Waals surface area contributed by atoms with Crippen molar-refractivity contribution in [3.8, 4) is 5.88 Å². The Morgan fingerprint density at radius 1 is 1.56 bits per heavy atom. The molecule has 1 atom stereocenters. The molecular formula is C12H18N2O2. The molecule has 0 bridgehead atoms. The normalized spacial score (nSPS) is 24.0. The Morgan fingerprint density at radius 2 is 2.44 bits per heavy atom. The molecule has 2 heterocycles. The first kappa shape index (κ1) is 11.4. The van der Waals surface area contributed by atoms with E-state index in [4.69, 9.17) is 9.47 Å². The second-order valence-electron chi connectivity index (χ2n) is 4.61. The van der Waals surface area contributed by atoms with E-state index in [2.05, 4.69) is 24.1 Å². The maximum atomic E-state index is 5.88. The number of pyridine rings is 1. The molecule has 4 heteroatoms. The molecule has 0 amide bonds. The van der Waals surface area contributed by atoms with Gasteiger partial charge in [-0.15, -0.1) is 0 Å². The third-order valence-corrected chi connectivity index (χ3v) is 2.46. The lowest BCUT2D eigenvalue weighted by molar-refractivity contribution is -0.107. The Kier molecular flexibility index (Phi) is 3.41. The van der Waals surface area contributed by atoms with E-state index in [1.54, 1.807) is 6.20 Å². The SMILES string of the molecule is CC1(C)CNCC(COc2ccccn2)O1. The van der Waals surface area contributed by atoms with E-state index < -0.39 is 0 Å². The van der Waals surface area contributed by atoms with E-state index in [0.717, 1.165) is 13.1 Å². The van der Waals surface area contributed by atoms with Gasteiger partial charge in [0.25, 0.3) is 0 Å². The fourth-order valence-electron chi connectivity index (χ4n) is 1.77. The summed E-state index contributed by atoms with van der Waals surface area (Å²) < 4.78 is 11.4. The number of aromatic nitrogens is 1. The predicted molar refractivity (Wildman–Crippen MR) is 61.6 cm³/mol. The Balaban J connectivity index is 1.82. The number of rotatable bonds is 3. The third kappa shape index (κ3) is 3.18. The molecule has 2 rings (SSSR count). The highest BCUT2D eigenvalue weighted by atomic mass is 16.6. The zero-order chi connectivity index (χ0) is 11.4. The summed E-state index contributed by atoms with van der Waals surface area (Å²) in [5.74, 6) is 0.648. The van der Waals surface area contributed by atoms with Gasteiger partial charge in [-0.2, -0.15) is 0 Å². The number of hydrogen-bond donors (Lipinski definition) is 1. The molecule has 1 unspecified atom stereocenters. The fraction of sp³-hybridized carbons (Fsp3) is 0.583. The monoisotopic (exact) mass is 222 g/mol. The molecule has 1 aliphatic rings. The van der Waals surface area contributed by atoms with Crippen molar-refractivity contribution >= 4 is 0 Å². The summed E-state index contributed by atoms with van der Waals surface area (Å²) in [7, 11) is 0. The fourth-order valence-corrected chi connectivity index (χ4v) is 1.77. The summed E-state index contributed by atoms with van der Waals surface area (Å²) >= 11 is 0. The van der Waals surface area contributed by atoms with Crippen molar-refractivity contribution in [1.29, 1.82) is 0 Å². The second kappa shape index (κ2) is 4.80. The van der Waals surface area contributed by atoms with E-state index in [-0.39, 0.29) is 11.7 Å². The molecule has 88 valence electrons. The first-order valence-electron chi connectivity index (χ1n) is 5.58. The largest absolute Gasteiger partial charge is 0.475 e. The molecule has 16 heavy (non-hydrogen) atoms. The van der Waals surface area contributed by atoms with Gasteiger partial charge in [0.05, 0.1) is 5.60 Å². The minimum atomic E-state index is -0.115. The Hall–Kier alpha value is -1.13. The number of ether oxygens (including phenoxy) is 2. The van der Waals surface area contributed by atoms with Gasteiger partial charge in [-0.25, -0.2) is 4.98 Å². The van der Waals surface area contributed by atoms with Crippen molar-refractivity contribution in [1.82, 2.24) is 10.3 Å². The van der Waals surface area contributed by atoms with Crippen molar-refractivity contribution < 1.29 is 9.47 Å². The molecule has 1 N–H and O–H groups in total. The molecule has 0 spiro atoms. The molecule has 0 aliphatic carbocycles. The maximum Gasteiger partial charge on any atom is 0.213 e. The summed E-state index contributed by atoms with van der Waals surface area (Å²) in [6, 6.07) is 5.63. The topological polar surface area (TPSA) is 43.4 Å². The van der Waals surface area contributed by atoms with Crippen LogP contribution in [0.5, 0.6) is 5.88 Å². The predicted octanol–water partition coefficient (Wildman–Crippen LogP) is 1.23.